The fraction of sp³-hybridized carbons (Fsp3) is 0.778. The summed E-state index contributed by atoms with van der Waals surface area (Å²) < 4.78 is 7.91. The smallest absolute Gasteiger partial charge is 0.194 e. The van der Waals surface area contributed by atoms with Gasteiger partial charge in [0.1, 0.15) is 5.82 Å². The Morgan fingerprint density at radius 1 is 1.47 bits per heavy atom. The van der Waals surface area contributed by atoms with Crippen molar-refractivity contribution < 1.29 is 4.74 Å². The normalized spacial score (nSPS) is 18.2. The summed E-state index contributed by atoms with van der Waals surface area (Å²) in [5.41, 5.74) is 0. The van der Waals surface area contributed by atoms with Crippen molar-refractivity contribution in [1.82, 2.24) is 19.7 Å². The summed E-state index contributed by atoms with van der Waals surface area (Å²) in [7, 11) is 1.94. The minimum atomic E-state index is 0.687. The molecule has 1 fully saturated rings. The molecule has 1 aliphatic rings. The van der Waals surface area contributed by atoms with E-state index in [4.69, 9.17) is 17.0 Å². The van der Waals surface area contributed by atoms with Crippen LogP contribution in [0.3, 0.4) is 0 Å². The van der Waals surface area contributed by atoms with Gasteiger partial charge in [-0.2, -0.15) is 5.10 Å². The van der Waals surface area contributed by atoms with Gasteiger partial charge >= 0.3 is 0 Å². The Morgan fingerprint density at radius 3 is 2.80 bits per heavy atom. The van der Waals surface area contributed by atoms with E-state index in [2.05, 4.69) is 15.1 Å². The summed E-state index contributed by atoms with van der Waals surface area (Å²) in [5, 5.41) is 6.98. The Kier molecular flexibility index (Phi) is 3.50. The van der Waals surface area contributed by atoms with Crippen LogP contribution in [0.5, 0.6) is 0 Å². The summed E-state index contributed by atoms with van der Waals surface area (Å²) in [6.07, 6.45) is 0.934. The van der Waals surface area contributed by atoms with E-state index in [1.165, 1.54) is 0 Å². The molecule has 0 amide bonds. The zero-order chi connectivity index (χ0) is 10.7. The molecule has 0 spiro atoms. The highest BCUT2D eigenvalue weighted by molar-refractivity contribution is 7.71. The van der Waals surface area contributed by atoms with Gasteiger partial charge in [0.15, 0.2) is 4.77 Å². The molecule has 1 N–H and O–H groups in total. The van der Waals surface area contributed by atoms with Crippen LogP contribution >= 0.6 is 12.2 Å². The van der Waals surface area contributed by atoms with E-state index < -0.39 is 0 Å². The highest BCUT2D eigenvalue weighted by Gasteiger charge is 2.11. The van der Waals surface area contributed by atoms with Crippen LogP contribution in [0.4, 0.5) is 0 Å². The number of morpholine rings is 1. The second-order valence-corrected chi connectivity index (χ2v) is 4.09. The summed E-state index contributed by atoms with van der Waals surface area (Å²) in [4.78, 5) is 2.39. The maximum atomic E-state index is 5.29. The number of hydrogen-bond donors (Lipinski definition) is 1. The molecular weight excluding hydrogens is 212 g/mol. The van der Waals surface area contributed by atoms with Gasteiger partial charge in [0.05, 0.1) is 13.2 Å². The van der Waals surface area contributed by atoms with Crippen LogP contribution in [0, 0.1) is 4.77 Å². The molecule has 1 saturated heterocycles. The van der Waals surface area contributed by atoms with Gasteiger partial charge in [-0.3, -0.25) is 10.00 Å². The van der Waals surface area contributed by atoms with Crippen molar-refractivity contribution in [2.45, 2.75) is 6.42 Å². The average molecular weight is 228 g/mol. The number of nitrogens with one attached hydrogen (secondary N) is 1. The molecule has 0 saturated carbocycles. The van der Waals surface area contributed by atoms with Crippen LogP contribution in [0.2, 0.25) is 0 Å². The van der Waals surface area contributed by atoms with Crippen LogP contribution < -0.4 is 0 Å². The maximum Gasteiger partial charge on any atom is 0.194 e. The molecule has 0 unspecified atom stereocenters. The monoisotopic (exact) mass is 228 g/mol. The van der Waals surface area contributed by atoms with Gasteiger partial charge in [0.25, 0.3) is 0 Å². The summed E-state index contributed by atoms with van der Waals surface area (Å²) in [5.74, 6) is 1.02. The van der Waals surface area contributed by atoms with Gasteiger partial charge in [-0.1, -0.05) is 0 Å². The van der Waals surface area contributed by atoms with Crippen LogP contribution in [0.15, 0.2) is 0 Å². The molecular formula is C9H16N4OS. The molecule has 0 aromatic carbocycles. The van der Waals surface area contributed by atoms with Gasteiger partial charge in [-0.15, -0.1) is 0 Å². The van der Waals surface area contributed by atoms with E-state index in [0.717, 1.165) is 45.1 Å². The number of aromatic amines is 1. The minimum absolute atomic E-state index is 0.687. The molecule has 0 bridgehead atoms. The molecule has 0 radical (unpaired) electrons. The highest BCUT2D eigenvalue weighted by Crippen LogP contribution is 2.01. The Bertz CT molecular complexity index is 366. The first-order valence-electron chi connectivity index (χ1n) is 5.18. The van der Waals surface area contributed by atoms with Crippen molar-refractivity contribution in [3.8, 4) is 0 Å². The van der Waals surface area contributed by atoms with Crippen molar-refractivity contribution >= 4 is 12.2 Å². The molecule has 84 valence electrons. The molecule has 1 aliphatic heterocycles. The fourth-order valence-corrected chi connectivity index (χ4v) is 1.84. The quantitative estimate of drug-likeness (QED) is 0.758. The fourth-order valence-electron chi connectivity index (χ4n) is 1.69. The standard InChI is InChI=1S/C9H16N4OS/c1-12-8(10-11-9(12)15)2-3-13-4-6-14-7-5-13/h2-7H2,1H3,(H,11,15). The molecule has 0 aliphatic carbocycles. The number of hydrogen-bond acceptors (Lipinski definition) is 4. The van der Waals surface area contributed by atoms with Crippen molar-refractivity contribution in [3.05, 3.63) is 10.6 Å². The number of nitrogens with zero attached hydrogens (tertiary/aromatic N) is 3. The predicted molar refractivity (Wildman–Crippen MR) is 59.4 cm³/mol. The summed E-state index contributed by atoms with van der Waals surface area (Å²) in [6.45, 7) is 4.76. The van der Waals surface area contributed by atoms with Gasteiger partial charge in [0, 0.05) is 33.1 Å². The molecule has 2 rings (SSSR count). The van der Waals surface area contributed by atoms with Gasteiger partial charge in [0.2, 0.25) is 0 Å². The third kappa shape index (κ3) is 2.64. The lowest BCUT2D eigenvalue weighted by Gasteiger charge is -2.26. The summed E-state index contributed by atoms with van der Waals surface area (Å²) in [6, 6.07) is 0. The first kappa shape index (κ1) is 10.8. The second-order valence-electron chi connectivity index (χ2n) is 3.71. The van der Waals surface area contributed by atoms with Crippen LogP contribution in [-0.4, -0.2) is 52.5 Å². The third-order valence-electron chi connectivity index (χ3n) is 2.73. The topological polar surface area (TPSA) is 46.1 Å². The Morgan fingerprint density at radius 2 is 2.20 bits per heavy atom. The number of aromatic nitrogens is 3. The van der Waals surface area contributed by atoms with Crippen LogP contribution in [0.1, 0.15) is 5.82 Å². The lowest BCUT2D eigenvalue weighted by Crippen LogP contribution is -2.37. The van der Waals surface area contributed by atoms with E-state index in [1.807, 2.05) is 11.6 Å². The number of rotatable bonds is 3. The molecule has 1 aromatic heterocycles. The SMILES string of the molecule is Cn1c(CCN2CCOCC2)n[nH]c1=S. The van der Waals surface area contributed by atoms with Crippen LogP contribution in [0.25, 0.3) is 0 Å². The Labute approximate surface area is 94.0 Å². The molecule has 6 heteroatoms. The molecule has 15 heavy (non-hydrogen) atoms. The predicted octanol–water partition coefficient (Wildman–Crippen LogP) is 0.352. The van der Waals surface area contributed by atoms with E-state index in [1.54, 1.807) is 0 Å². The third-order valence-corrected chi connectivity index (χ3v) is 3.09. The van der Waals surface area contributed by atoms with Gasteiger partial charge in [-0.05, 0) is 12.2 Å². The van der Waals surface area contributed by atoms with E-state index in [9.17, 15) is 0 Å². The summed E-state index contributed by atoms with van der Waals surface area (Å²) >= 11 is 5.06. The van der Waals surface area contributed by atoms with Crippen molar-refractivity contribution in [3.63, 3.8) is 0 Å². The van der Waals surface area contributed by atoms with Crippen molar-refractivity contribution in [2.75, 3.05) is 32.8 Å². The average Bonchev–Trinajstić information content (AvgIpc) is 2.59. The lowest BCUT2D eigenvalue weighted by molar-refractivity contribution is 0.0381. The Hall–Kier alpha value is -0.720. The van der Waals surface area contributed by atoms with Crippen molar-refractivity contribution in [2.24, 2.45) is 7.05 Å². The lowest BCUT2D eigenvalue weighted by atomic mass is 10.3. The van der Waals surface area contributed by atoms with Crippen molar-refractivity contribution in [1.29, 1.82) is 0 Å². The molecule has 2 heterocycles. The zero-order valence-electron chi connectivity index (χ0n) is 8.90. The molecule has 1 aromatic rings. The first-order valence-corrected chi connectivity index (χ1v) is 5.58. The highest BCUT2D eigenvalue weighted by atomic mass is 32.1. The molecule has 0 atom stereocenters. The maximum absolute atomic E-state index is 5.29. The van der Waals surface area contributed by atoms with Gasteiger partial charge < -0.3 is 9.30 Å². The van der Waals surface area contributed by atoms with Gasteiger partial charge in [-0.25, -0.2) is 0 Å². The second kappa shape index (κ2) is 4.87. The first-order chi connectivity index (χ1) is 7.27. The minimum Gasteiger partial charge on any atom is -0.379 e. The van der Waals surface area contributed by atoms with E-state index in [0.29, 0.717) is 4.77 Å². The number of ether oxygens (including phenoxy) is 1. The molecule has 5 nitrogen and oxygen atoms in total. The van der Waals surface area contributed by atoms with E-state index in [-0.39, 0.29) is 0 Å². The number of H-pyrrole nitrogens is 1. The Balaban J connectivity index is 1.87. The largest absolute Gasteiger partial charge is 0.379 e. The zero-order valence-corrected chi connectivity index (χ0v) is 9.72. The van der Waals surface area contributed by atoms with E-state index >= 15 is 0 Å². The van der Waals surface area contributed by atoms with Crippen LogP contribution in [-0.2, 0) is 18.2 Å².